The summed E-state index contributed by atoms with van der Waals surface area (Å²) in [7, 11) is 0. The van der Waals surface area contributed by atoms with Gasteiger partial charge >= 0.3 is 5.69 Å². The summed E-state index contributed by atoms with van der Waals surface area (Å²) >= 11 is 0. The SMILES string of the molecule is O=C(Nc1ncn(Cc2ccc(F)cc2)n1)c1ccn(COc2ccccc2[N+](=O)[O-])n1. The molecule has 0 bridgehead atoms. The predicted molar refractivity (Wildman–Crippen MR) is 109 cm³/mol. The number of nitro benzene ring substituents is 1. The maximum absolute atomic E-state index is 13.0. The lowest BCUT2D eigenvalue weighted by molar-refractivity contribution is -0.386. The first-order valence-corrected chi connectivity index (χ1v) is 9.33. The fourth-order valence-electron chi connectivity index (χ4n) is 2.79. The van der Waals surface area contributed by atoms with E-state index in [0.29, 0.717) is 6.54 Å². The third kappa shape index (κ3) is 4.92. The van der Waals surface area contributed by atoms with Gasteiger partial charge in [-0.3, -0.25) is 20.2 Å². The number of nitro groups is 1. The Bertz CT molecular complexity index is 1250. The van der Waals surface area contributed by atoms with Crippen molar-refractivity contribution in [3.8, 4) is 5.75 Å². The zero-order valence-electron chi connectivity index (χ0n) is 16.5. The topological polar surface area (TPSA) is 130 Å². The van der Waals surface area contributed by atoms with Crippen LogP contribution in [0.15, 0.2) is 67.1 Å². The van der Waals surface area contributed by atoms with Crippen LogP contribution in [-0.2, 0) is 13.3 Å². The van der Waals surface area contributed by atoms with E-state index in [4.69, 9.17) is 4.74 Å². The number of benzene rings is 2. The third-order valence-corrected chi connectivity index (χ3v) is 4.31. The molecule has 0 unspecified atom stereocenters. The number of para-hydroxylation sites is 2. The second-order valence-electron chi connectivity index (χ2n) is 6.59. The molecule has 2 aromatic heterocycles. The van der Waals surface area contributed by atoms with Gasteiger partial charge in [0.25, 0.3) is 5.91 Å². The van der Waals surface area contributed by atoms with Crippen molar-refractivity contribution in [3.63, 3.8) is 0 Å². The molecule has 0 fully saturated rings. The number of anilines is 1. The molecule has 2 aromatic carbocycles. The summed E-state index contributed by atoms with van der Waals surface area (Å²) < 4.78 is 21.3. The number of aromatic nitrogens is 5. The summed E-state index contributed by atoms with van der Waals surface area (Å²) in [4.78, 5) is 26.9. The van der Waals surface area contributed by atoms with Gasteiger partial charge in [-0.15, -0.1) is 5.10 Å². The van der Waals surface area contributed by atoms with Crippen LogP contribution in [0, 0.1) is 15.9 Å². The summed E-state index contributed by atoms with van der Waals surface area (Å²) in [5, 5.41) is 21.8. The van der Waals surface area contributed by atoms with Gasteiger partial charge < -0.3 is 4.74 Å². The lowest BCUT2D eigenvalue weighted by Crippen LogP contribution is -2.15. The van der Waals surface area contributed by atoms with Crippen molar-refractivity contribution < 1.29 is 18.8 Å². The van der Waals surface area contributed by atoms with Crippen molar-refractivity contribution in [3.05, 3.63) is 94.3 Å². The van der Waals surface area contributed by atoms with Crippen LogP contribution in [0.25, 0.3) is 0 Å². The molecule has 1 amide bonds. The van der Waals surface area contributed by atoms with E-state index in [-0.39, 0.29) is 35.6 Å². The molecular weight excluding hydrogens is 421 g/mol. The molecule has 162 valence electrons. The van der Waals surface area contributed by atoms with Crippen molar-refractivity contribution in [2.75, 3.05) is 5.32 Å². The van der Waals surface area contributed by atoms with E-state index in [1.807, 2.05) is 0 Å². The second kappa shape index (κ2) is 9.04. The Morgan fingerprint density at radius 1 is 1.09 bits per heavy atom. The standard InChI is InChI=1S/C20H16FN7O4/c21-15-7-5-14(6-8-15)11-27-12-22-20(25-27)23-19(29)16-9-10-26(24-16)13-32-18-4-2-1-3-17(18)28(30)31/h1-10,12H,11,13H2,(H,23,25,29). The van der Waals surface area contributed by atoms with Crippen LogP contribution in [0.5, 0.6) is 5.75 Å². The van der Waals surface area contributed by atoms with Gasteiger partial charge in [-0.1, -0.05) is 24.3 Å². The molecule has 0 aliphatic heterocycles. The lowest BCUT2D eigenvalue weighted by atomic mass is 10.2. The van der Waals surface area contributed by atoms with Gasteiger partial charge in [-0.05, 0) is 29.8 Å². The lowest BCUT2D eigenvalue weighted by Gasteiger charge is -2.06. The molecule has 0 spiro atoms. The highest BCUT2D eigenvalue weighted by molar-refractivity contribution is 6.01. The molecule has 0 atom stereocenters. The number of hydrogen-bond donors (Lipinski definition) is 1. The quantitative estimate of drug-likeness (QED) is 0.331. The van der Waals surface area contributed by atoms with Gasteiger partial charge in [0, 0.05) is 12.3 Å². The first kappa shape index (κ1) is 20.7. The molecule has 4 rings (SSSR count). The fourth-order valence-corrected chi connectivity index (χ4v) is 2.79. The van der Waals surface area contributed by atoms with E-state index in [0.717, 1.165) is 5.56 Å². The average molecular weight is 437 g/mol. The van der Waals surface area contributed by atoms with Crippen LogP contribution >= 0.6 is 0 Å². The molecule has 1 N–H and O–H groups in total. The van der Waals surface area contributed by atoms with Crippen molar-refractivity contribution in [1.82, 2.24) is 24.5 Å². The highest BCUT2D eigenvalue weighted by Crippen LogP contribution is 2.25. The highest BCUT2D eigenvalue weighted by atomic mass is 19.1. The van der Waals surface area contributed by atoms with Crippen LogP contribution in [0.1, 0.15) is 16.1 Å². The smallest absolute Gasteiger partial charge is 0.311 e. The molecule has 12 heteroatoms. The number of nitrogens with one attached hydrogen (secondary N) is 1. The Morgan fingerprint density at radius 3 is 2.66 bits per heavy atom. The fraction of sp³-hybridized carbons (Fsp3) is 0.100. The predicted octanol–water partition coefficient (Wildman–Crippen LogP) is 2.86. The maximum Gasteiger partial charge on any atom is 0.311 e. The monoisotopic (exact) mass is 437 g/mol. The minimum Gasteiger partial charge on any atom is -0.464 e. The summed E-state index contributed by atoms with van der Waals surface area (Å²) in [6.45, 7) is 0.240. The Morgan fingerprint density at radius 2 is 1.88 bits per heavy atom. The van der Waals surface area contributed by atoms with E-state index in [9.17, 15) is 19.3 Å². The van der Waals surface area contributed by atoms with Gasteiger partial charge in [-0.2, -0.15) is 5.10 Å². The Kier molecular flexibility index (Phi) is 5.83. The summed E-state index contributed by atoms with van der Waals surface area (Å²) in [6, 6.07) is 13.4. The minimum atomic E-state index is -0.542. The number of rotatable bonds is 8. The van der Waals surface area contributed by atoms with Crippen molar-refractivity contribution >= 4 is 17.5 Å². The largest absolute Gasteiger partial charge is 0.464 e. The van der Waals surface area contributed by atoms with Gasteiger partial charge in [-0.25, -0.2) is 18.7 Å². The maximum atomic E-state index is 13.0. The zero-order chi connectivity index (χ0) is 22.5. The summed E-state index contributed by atoms with van der Waals surface area (Å²) in [5.41, 5.74) is 0.748. The van der Waals surface area contributed by atoms with Gasteiger partial charge in [0.1, 0.15) is 12.1 Å². The van der Waals surface area contributed by atoms with E-state index >= 15 is 0 Å². The van der Waals surface area contributed by atoms with Crippen LogP contribution < -0.4 is 10.1 Å². The minimum absolute atomic E-state index is 0.0859. The molecule has 0 aliphatic carbocycles. The molecule has 0 radical (unpaired) electrons. The Balaban J connectivity index is 1.35. The van der Waals surface area contributed by atoms with Crippen molar-refractivity contribution in [1.29, 1.82) is 0 Å². The normalized spacial score (nSPS) is 10.7. The Labute approximate surface area is 180 Å². The van der Waals surface area contributed by atoms with Crippen LogP contribution in [0.4, 0.5) is 16.0 Å². The van der Waals surface area contributed by atoms with Crippen molar-refractivity contribution in [2.45, 2.75) is 13.3 Å². The van der Waals surface area contributed by atoms with Crippen LogP contribution in [0.2, 0.25) is 0 Å². The van der Waals surface area contributed by atoms with Crippen LogP contribution in [-0.4, -0.2) is 35.4 Å². The molecule has 0 aliphatic rings. The molecule has 4 aromatic rings. The second-order valence-corrected chi connectivity index (χ2v) is 6.59. The molecule has 0 saturated heterocycles. The molecular formula is C20H16FN7O4. The first-order valence-electron chi connectivity index (χ1n) is 9.33. The number of carbonyl (C=O) groups is 1. The molecule has 0 saturated carbocycles. The van der Waals surface area contributed by atoms with E-state index < -0.39 is 10.8 Å². The highest BCUT2D eigenvalue weighted by Gasteiger charge is 2.15. The average Bonchev–Trinajstić information content (AvgIpc) is 3.43. The van der Waals surface area contributed by atoms with Crippen LogP contribution in [0.3, 0.4) is 0 Å². The number of ether oxygens (including phenoxy) is 1. The van der Waals surface area contributed by atoms with Gasteiger partial charge in [0.05, 0.1) is 11.5 Å². The zero-order valence-corrected chi connectivity index (χ0v) is 16.5. The van der Waals surface area contributed by atoms with E-state index in [1.54, 1.807) is 18.2 Å². The number of hydrogen-bond acceptors (Lipinski definition) is 7. The van der Waals surface area contributed by atoms with Crippen molar-refractivity contribution in [2.24, 2.45) is 0 Å². The summed E-state index contributed by atoms with van der Waals surface area (Å²) in [5.74, 6) is -0.682. The van der Waals surface area contributed by atoms with E-state index in [1.165, 1.54) is 58.3 Å². The third-order valence-electron chi connectivity index (χ3n) is 4.31. The summed E-state index contributed by atoms with van der Waals surface area (Å²) in [6.07, 6.45) is 2.95. The number of nitrogens with zero attached hydrogens (tertiary/aromatic N) is 6. The number of carbonyl (C=O) groups excluding carboxylic acids is 1. The first-order chi connectivity index (χ1) is 15.5. The number of halogens is 1. The van der Waals surface area contributed by atoms with Gasteiger partial charge in [0.2, 0.25) is 5.95 Å². The van der Waals surface area contributed by atoms with Gasteiger partial charge in [0.15, 0.2) is 18.2 Å². The molecule has 11 nitrogen and oxygen atoms in total. The van der Waals surface area contributed by atoms with E-state index in [2.05, 4.69) is 20.5 Å². The Hall–Kier alpha value is -4.61. The number of amides is 1. The molecule has 2 heterocycles. The molecule has 32 heavy (non-hydrogen) atoms.